The molecule has 8 heteroatoms. The Hall–Kier alpha value is -4.04. The number of carbonyl (C=O) groups excluding carboxylic acids is 3. The molecular formula is C28H26N2O5S. The van der Waals surface area contributed by atoms with E-state index in [1.807, 2.05) is 62.4 Å². The lowest BCUT2D eigenvalue weighted by atomic mass is 10.1. The predicted octanol–water partition coefficient (Wildman–Crippen LogP) is 5.57. The number of nitrogens with one attached hydrogen (secondary N) is 1. The highest BCUT2D eigenvalue weighted by molar-refractivity contribution is 8.18. The number of aryl methyl sites for hydroxylation is 2. The third-order valence-electron chi connectivity index (χ3n) is 5.60. The Morgan fingerprint density at radius 1 is 1.00 bits per heavy atom. The van der Waals surface area contributed by atoms with Crippen molar-refractivity contribution in [2.45, 2.75) is 20.4 Å². The number of nitrogens with zero attached hydrogens (tertiary/aromatic N) is 1. The topological polar surface area (TPSA) is 84.9 Å². The van der Waals surface area contributed by atoms with E-state index in [9.17, 15) is 14.4 Å². The average molecular weight is 503 g/mol. The van der Waals surface area contributed by atoms with Gasteiger partial charge in [0, 0.05) is 5.69 Å². The van der Waals surface area contributed by atoms with Gasteiger partial charge in [0.2, 0.25) is 0 Å². The molecule has 1 saturated heterocycles. The third kappa shape index (κ3) is 5.95. The van der Waals surface area contributed by atoms with Crippen LogP contribution in [-0.4, -0.2) is 35.7 Å². The second-order valence-electron chi connectivity index (χ2n) is 8.32. The van der Waals surface area contributed by atoms with Gasteiger partial charge in [-0.2, -0.15) is 0 Å². The molecule has 1 aliphatic rings. The normalized spacial score (nSPS) is 14.3. The molecule has 7 nitrogen and oxygen atoms in total. The SMILES string of the molecule is COc1cc(C=C2SC(=O)N(Cc3ccc(C)cc3)C2=O)ccc1OCC(=O)Nc1ccccc1C. The molecule has 0 unspecified atom stereocenters. The molecule has 1 heterocycles. The summed E-state index contributed by atoms with van der Waals surface area (Å²) in [4.78, 5) is 39.2. The van der Waals surface area contributed by atoms with E-state index < -0.39 is 0 Å². The second kappa shape index (κ2) is 11.1. The number of hydrogen-bond acceptors (Lipinski definition) is 6. The van der Waals surface area contributed by atoms with Crippen molar-refractivity contribution in [2.24, 2.45) is 0 Å². The number of methoxy groups -OCH3 is 1. The molecule has 0 bridgehead atoms. The summed E-state index contributed by atoms with van der Waals surface area (Å²) >= 11 is 0.906. The smallest absolute Gasteiger partial charge is 0.293 e. The Labute approximate surface area is 214 Å². The predicted molar refractivity (Wildman–Crippen MR) is 141 cm³/mol. The van der Waals surface area contributed by atoms with Gasteiger partial charge in [0.1, 0.15) is 0 Å². The van der Waals surface area contributed by atoms with Crippen molar-refractivity contribution < 1.29 is 23.9 Å². The first-order valence-electron chi connectivity index (χ1n) is 11.3. The van der Waals surface area contributed by atoms with Gasteiger partial charge in [-0.25, -0.2) is 0 Å². The number of imide groups is 1. The van der Waals surface area contributed by atoms with Crippen LogP contribution in [0.4, 0.5) is 10.5 Å². The highest BCUT2D eigenvalue weighted by Crippen LogP contribution is 2.35. The maximum absolute atomic E-state index is 12.9. The maximum Gasteiger partial charge on any atom is 0.293 e. The number of para-hydroxylation sites is 1. The van der Waals surface area contributed by atoms with Crippen molar-refractivity contribution in [3.8, 4) is 11.5 Å². The van der Waals surface area contributed by atoms with E-state index in [2.05, 4.69) is 5.32 Å². The van der Waals surface area contributed by atoms with Gasteiger partial charge in [-0.1, -0.05) is 54.1 Å². The van der Waals surface area contributed by atoms with Crippen LogP contribution >= 0.6 is 11.8 Å². The molecule has 0 saturated carbocycles. The van der Waals surface area contributed by atoms with Crippen molar-refractivity contribution in [2.75, 3.05) is 19.0 Å². The number of rotatable bonds is 8. The van der Waals surface area contributed by atoms with E-state index in [0.29, 0.717) is 22.0 Å². The number of ether oxygens (including phenoxy) is 2. The van der Waals surface area contributed by atoms with E-state index in [0.717, 1.165) is 34.1 Å². The Balaban J connectivity index is 1.42. The fraction of sp³-hybridized carbons (Fsp3) is 0.179. The summed E-state index contributed by atoms with van der Waals surface area (Å²) in [6.07, 6.45) is 1.65. The first-order chi connectivity index (χ1) is 17.3. The zero-order valence-corrected chi connectivity index (χ0v) is 21.1. The lowest BCUT2D eigenvalue weighted by molar-refractivity contribution is -0.123. The first kappa shape index (κ1) is 25.1. The Bertz CT molecular complexity index is 1330. The van der Waals surface area contributed by atoms with Gasteiger partial charge < -0.3 is 14.8 Å². The number of benzene rings is 3. The molecule has 3 amide bonds. The second-order valence-corrected chi connectivity index (χ2v) is 9.31. The monoisotopic (exact) mass is 502 g/mol. The summed E-state index contributed by atoms with van der Waals surface area (Å²) in [6, 6.07) is 20.3. The molecule has 0 aromatic heterocycles. The first-order valence-corrected chi connectivity index (χ1v) is 12.1. The van der Waals surface area contributed by atoms with Gasteiger partial charge in [0.25, 0.3) is 17.1 Å². The molecule has 184 valence electrons. The van der Waals surface area contributed by atoms with E-state index in [4.69, 9.17) is 9.47 Å². The van der Waals surface area contributed by atoms with E-state index in [-0.39, 0.29) is 30.2 Å². The molecule has 36 heavy (non-hydrogen) atoms. The molecule has 1 aliphatic heterocycles. The molecule has 0 spiro atoms. The lowest BCUT2D eigenvalue weighted by Gasteiger charge is -2.13. The summed E-state index contributed by atoms with van der Waals surface area (Å²) < 4.78 is 11.1. The van der Waals surface area contributed by atoms with Crippen molar-refractivity contribution in [3.05, 3.63) is 93.9 Å². The zero-order chi connectivity index (χ0) is 25.7. The summed E-state index contributed by atoms with van der Waals surface area (Å²) in [5.41, 5.74) is 4.35. The minimum atomic E-state index is -0.335. The van der Waals surface area contributed by atoms with Gasteiger partial charge in [-0.3, -0.25) is 19.3 Å². The van der Waals surface area contributed by atoms with Crippen molar-refractivity contribution in [3.63, 3.8) is 0 Å². The van der Waals surface area contributed by atoms with Gasteiger partial charge in [0.05, 0.1) is 18.6 Å². The summed E-state index contributed by atoms with van der Waals surface area (Å²) in [5, 5.41) is 2.51. The molecule has 4 rings (SSSR count). The fourth-order valence-electron chi connectivity index (χ4n) is 3.60. The highest BCUT2D eigenvalue weighted by atomic mass is 32.2. The number of amides is 3. The van der Waals surface area contributed by atoms with Crippen LogP contribution in [-0.2, 0) is 16.1 Å². The minimum Gasteiger partial charge on any atom is -0.493 e. The molecule has 1 N–H and O–H groups in total. The standard InChI is InChI=1S/C28H26N2O5S/c1-18-8-10-20(11-9-18)16-30-27(32)25(36-28(30)33)15-21-12-13-23(24(14-21)34-3)35-17-26(31)29-22-7-5-4-6-19(22)2/h4-15H,16-17H2,1-3H3,(H,29,31). The average Bonchev–Trinajstić information content (AvgIpc) is 3.13. The highest BCUT2D eigenvalue weighted by Gasteiger charge is 2.35. The number of thioether (sulfide) groups is 1. The number of anilines is 1. The zero-order valence-electron chi connectivity index (χ0n) is 20.2. The summed E-state index contributed by atoms with van der Waals surface area (Å²) in [5.74, 6) is 0.170. The number of carbonyl (C=O) groups is 3. The van der Waals surface area contributed by atoms with Crippen LogP contribution in [0.25, 0.3) is 6.08 Å². The molecule has 1 fully saturated rings. The largest absolute Gasteiger partial charge is 0.493 e. The van der Waals surface area contributed by atoms with Crippen LogP contribution in [0.5, 0.6) is 11.5 Å². The van der Waals surface area contributed by atoms with E-state index >= 15 is 0 Å². The van der Waals surface area contributed by atoms with Crippen molar-refractivity contribution >= 4 is 40.6 Å². The molecule has 0 atom stereocenters. The van der Waals surface area contributed by atoms with Gasteiger partial charge in [-0.05, 0) is 66.6 Å². The van der Waals surface area contributed by atoms with Crippen LogP contribution in [0, 0.1) is 13.8 Å². The molecular weight excluding hydrogens is 476 g/mol. The van der Waals surface area contributed by atoms with Gasteiger partial charge in [-0.15, -0.1) is 0 Å². The molecule has 3 aromatic rings. The summed E-state index contributed by atoms with van der Waals surface area (Å²) in [6.45, 7) is 3.93. The molecule has 0 aliphatic carbocycles. The van der Waals surface area contributed by atoms with E-state index in [1.54, 1.807) is 24.3 Å². The Morgan fingerprint density at radius 2 is 1.75 bits per heavy atom. The quantitative estimate of drug-likeness (QED) is 0.406. The van der Waals surface area contributed by atoms with Crippen LogP contribution in [0.15, 0.2) is 71.6 Å². The van der Waals surface area contributed by atoms with Crippen molar-refractivity contribution in [1.29, 1.82) is 0 Å². The van der Waals surface area contributed by atoms with Gasteiger partial charge >= 0.3 is 0 Å². The Kier molecular flexibility index (Phi) is 7.75. The summed E-state index contributed by atoms with van der Waals surface area (Å²) in [7, 11) is 1.49. The van der Waals surface area contributed by atoms with Gasteiger partial charge in [0.15, 0.2) is 18.1 Å². The van der Waals surface area contributed by atoms with Crippen molar-refractivity contribution in [1.82, 2.24) is 4.90 Å². The van der Waals surface area contributed by atoms with Crippen LogP contribution in [0.3, 0.4) is 0 Å². The molecule has 3 aromatic carbocycles. The van der Waals surface area contributed by atoms with Crippen LogP contribution in [0.2, 0.25) is 0 Å². The van der Waals surface area contributed by atoms with Crippen LogP contribution < -0.4 is 14.8 Å². The minimum absolute atomic E-state index is 0.193. The maximum atomic E-state index is 12.9. The van der Waals surface area contributed by atoms with E-state index in [1.165, 1.54) is 12.0 Å². The molecule has 0 radical (unpaired) electrons. The van der Waals surface area contributed by atoms with Crippen LogP contribution in [0.1, 0.15) is 22.3 Å². The third-order valence-corrected chi connectivity index (χ3v) is 6.51. The fourth-order valence-corrected chi connectivity index (χ4v) is 4.44. The lowest BCUT2D eigenvalue weighted by Crippen LogP contribution is -2.27. The number of hydrogen-bond donors (Lipinski definition) is 1. The Morgan fingerprint density at radius 3 is 2.47 bits per heavy atom.